The molecule has 0 fully saturated rings. The van der Waals surface area contributed by atoms with E-state index in [9.17, 15) is 28.8 Å². The summed E-state index contributed by atoms with van der Waals surface area (Å²) in [5.41, 5.74) is 0.520. The molecule has 0 bridgehead atoms. The summed E-state index contributed by atoms with van der Waals surface area (Å²) >= 11 is 33.7. The number of hydrogen-bond donors (Lipinski definition) is 2. The van der Waals surface area contributed by atoms with Gasteiger partial charge in [-0.2, -0.15) is 0 Å². The number of nitrogens with one attached hydrogen (secondary N) is 2. The van der Waals surface area contributed by atoms with Crippen LogP contribution in [0.15, 0.2) is 0 Å². The van der Waals surface area contributed by atoms with Crippen LogP contribution < -0.4 is 10.6 Å². The highest BCUT2D eigenvalue weighted by molar-refractivity contribution is 14.1. The van der Waals surface area contributed by atoms with Gasteiger partial charge in [0.05, 0.1) is 61.1 Å². The van der Waals surface area contributed by atoms with Crippen molar-refractivity contribution in [3.05, 3.63) is 43.7 Å². The molecule has 2 N–H and O–H groups in total. The number of ether oxygens (including phenoxy) is 2. The summed E-state index contributed by atoms with van der Waals surface area (Å²) in [4.78, 5) is 72.8. The van der Waals surface area contributed by atoms with Crippen LogP contribution in [-0.4, -0.2) is 59.2 Å². The van der Waals surface area contributed by atoms with Gasteiger partial charge in [-0.3, -0.25) is 28.8 Å². The summed E-state index contributed by atoms with van der Waals surface area (Å²) in [5.74, 6) is -1.19. The van der Waals surface area contributed by atoms with Crippen molar-refractivity contribution in [2.75, 3.05) is 37.1 Å². The van der Waals surface area contributed by atoms with E-state index in [1.807, 2.05) is 90.4 Å². The van der Waals surface area contributed by atoms with Crippen LogP contribution in [0.3, 0.4) is 0 Å². The molecule has 0 atom stereocenters. The monoisotopic (exact) mass is 1330 g/mol. The fourth-order valence-electron chi connectivity index (χ4n) is 3.04. The zero-order chi connectivity index (χ0) is 32.0. The minimum Gasteiger partial charge on any atom is -0.369 e. The number of carbonyl (C=O) groups is 6. The standard InChI is InChI=1S/C22H10Cl4I6N2O8/c23-19(37)7-11(27)8(20(24)38)14(30)17(13(7)29)33-5(35)3-41-1-2-42-4-6(36)34-18-15(31)9(21(25)39)12(28)10(16(18)32)22(26)40/h1-4H2,(H,33,35)(H,34,36). The van der Waals surface area contributed by atoms with E-state index in [2.05, 4.69) is 10.6 Å². The highest BCUT2D eigenvalue weighted by Crippen LogP contribution is 2.38. The number of amides is 2. The van der Waals surface area contributed by atoms with E-state index in [0.717, 1.165) is 0 Å². The third-order valence-corrected chi connectivity index (χ3v) is 12.0. The van der Waals surface area contributed by atoms with Crippen LogP contribution in [0.1, 0.15) is 41.4 Å². The lowest BCUT2D eigenvalue weighted by Gasteiger charge is -2.17. The Bertz CT molecular complexity index is 1330. The van der Waals surface area contributed by atoms with E-state index in [4.69, 9.17) is 55.9 Å². The molecular formula is C22H10Cl4I6N2O8. The minimum atomic E-state index is -0.820. The van der Waals surface area contributed by atoms with Gasteiger partial charge < -0.3 is 20.1 Å². The lowest BCUT2D eigenvalue weighted by Crippen LogP contribution is -2.24. The van der Waals surface area contributed by atoms with Crippen molar-refractivity contribution in [1.29, 1.82) is 0 Å². The molecule has 20 heteroatoms. The Balaban J connectivity index is 1.97. The average molecular weight is 1330 g/mol. The molecule has 0 aliphatic carbocycles. The van der Waals surface area contributed by atoms with Gasteiger partial charge in [0.1, 0.15) is 13.2 Å². The second kappa shape index (κ2) is 18.2. The maximum Gasteiger partial charge on any atom is 0.254 e. The number of hydrogen-bond acceptors (Lipinski definition) is 8. The number of halogens is 10. The molecule has 2 aromatic rings. The third-order valence-electron chi connectivity index (χ3n) is 4.79. The SMILES string of the molecule is O=C(COCCOCC(=O)Nc1c(I)c(C(=O)Cl)c(I)c(C(=O)Cl)c1I)Nc1c(I)c(C(=O)Cl)c(I)c(C(=O)Cl)c1I. The predicted molar refractivity (Wildman–Crippen MR) is 209 cm³/mol. The molecule has 0 spiro atoms. The molecule has 2 rings (SSSR count). The second-order valence-corrected chi connectivity index (χ2v) is 15.3. The molecule has 2 aromatic carbocycles. The van der Waals surface area contributed by atoms with Gasteiger partial charge in [0.2, 0.25) is 11.8 Å². The van der Waals surface area contributed by atoms with E-state index in [1.54, 1.807) is 45.2 Å². The van der Waals surface area contributed by atoms with Crippen molar-refractivity contribution < 1.29 is 38.2 Å². The minimum absolute atomic E-state index is 0.0377. The van der Waals surface area contributed by atoms with Crippen LogP contribution >= 0.6 is 182 Å². The Morgan fingerprint density at radius 3 is 0.929 bits per heavy atom. The molecule has 0 aliphatic rings. The van der Waals surface area contributed by atoms with Crippen molar-refractivity contribution in [3.8, 4) is 0 Å². The Morgan fingerprint density at radius 2 is 0.714 bits per heavy atom. The van der Waals surface area contributed by atoms with Crippen LogP contribution in [0.5, 0.6) is 0 Å². The van der Waals surface area contributed by atoms with Gasteiger partial charge in [-0.25, -0.2) is 0 Å². The Labute approximate surface area is 339 Å². The van der Waals surface area contributed by atoms with E-state index < -0.39 is 46.0 Å². The van der Waals surface area contributed by atoms with E-state index >= 15 is 0 Å². The zero-order valence-corrected chi connectivity index (χ0v) is 35.8. The zero-order valence-electron chi connectivity index (χ0n) is 19.9. The molecule has 10 nitrogen and oxygen atoms in total. The first-order chi connectivity index (χ1) is 19.5. The van der Waals surface area contributed by atoms with Gasteiger partial charge >= 0.3 is 0 Å². The normalized spacial score (nSPS) is 10.8. The maximum absolute atomic E-state index is 12.5. The summed E-state index contributed by atoms with van der Waals surface area (Å²) in [7, 11) is 0. The fraction of sp³-hybridized carbons (Fsp3) is 0.182. The lowest BCUT2D eigenvalue weighted by molar-refractivity contribution is -0.124. The lowest BCUT2D eigenvalue weighted by atomic mass is 10.1. The van der Waals surface area contributed by atoms with Gasteiger partial charge in [0.25, 0.3) is 21.0 Å². The fourth-order valence-corrected chi connectivity index (χ4v) is 13.9. The summed E-state index contributed by atoms with van der Waals surface area (Å²) in [6, 6.07) is 0. The number of rotatable bonds is 13. The Hall–Kier alpha value is 1.52. The van der Waals surface area contributed by atoms with Crippen LogP contribution in [0.2, 0.25) is 0 Å². The van der Waals surface area contributed by atoms with Gasteiger partial charge in [0, 0.05) is 7.14 Å². The van der Waals surface area contributed by atoms with Crippen molar-refractivity contribution in [2.45, 2.75) is 0 Å². The number of benzene rings is 2. The van der Waals surface area contributed by atoms with Gasteiger partial charge in [-0.15, -0.1) is 0 Å². The molecule has 0 saturated carbocycles. The van der Waals surface area contributed by atoms with E-state index in [-0.39, 0.29) is 54.0 Å². The summed E-state index contributed by atoms with van der Waals surface area (Å²) in [6.45, 7) is -0.948. The topological polar surface area (TPSA) is 145 Å². The van der Waals surface area contributed by atoms with Crippen LogP contribution in [0, 0.1) is 21.4 Å². The Morgan fingerprint density at radius 1 is 0.476 bits per heavy atom. The highest BCUT2D eigenvalue weighted by Gasteiger charge is 2.28. The third kappa shape index (κ3) is 10.0. The molecule has 0 aromatic heterocycles. The highest BCUT2D eigenvalue weighted by atomic mass is 127. The maximum atomic E-state index is 12.5. The summed E-state index contributed by atoms with van der Waals surface area (Å²) in [6.07, 6.45) is 0. The van der Waals surface area contributed by atoms with Crippen molar-refractivity contribution in [2.24, 2.45) is 0 Å². The molecule has 0 radical (unpaired) electrons. The quantitative estimate of drug-likeness (QED) is 0.120. The molecule has 0 saturated heterocycles. The summed E-state index contributed by atoms with van der Waals surface area (Å²) < 4.78 is 12.4. The van der Waals surface area contributed by atoms with Gasteiger partial charge in [-0.1, -0.05) is 0 Å². The molecule has 2 amide bonds. The first-order valence-corrected chi connectivity index (χ1v) is 18.5. The van der Waals surface area contributed by atoms with Crippen molar-refractivity contribution in [1.82, 2.24) is 0 Å². The number of carbonyl (C=O) groups excluding carboxylic acids is 6. The summed E-state index contributed by atoms with van der Waals surface area (Å²) in [5, 5.41) is 1.91. The van der Waals surface area contributed by atoms with Gasteiger partial charge in [0.15, 0.2) is 0 Å². The second-order valence-electron chi connectivity index (χ2n) is 7.43. The molecule has 42 heavy (non-hydrogen) atoms. The van der Waals surface area contributed by atoms with Crippen LogP contribution in [0.25, 0.3) is 0 Å². The predicted octanol–water partition coefficient (Wildman–Crippen LogP) is 7.44. The average Bonchev–Trinajstić information content (AvgIpc) is 2.85. The Kier molecular flexibility index (Phi) is 17.2. The first-order valence-electron chi connectivity index (χ1n) is 10.5. The smallest absolute Gasteiger partial charge is 0.254 e. The van der Waals surface area contributed by atoms with Gasteiger partial charge in [-0.05, 0) is 182 Å². The first kappa shape index (κ1) is 39.7. The molecule has 0 unspecified atom stereocenters. The molecule has 226 valence electrons. The molecular weight excluding hydrogens is 1320 g/mol. The van der Waals surface area contributed by atoms with E-state index in [0.29, 0.717) is 14.3 Å². The molecule has 0 aliphatic heterocycles. The van der Waals surface area contributed by atoms with Crippen molar-refractivity contribution >= 4 is 226 Å². The van der Waals surface area contributed by atoms with Crippen molar-refractivity contribution in [3.63, 3.8) is 0 Å². The van der Waals surface area contributed by atoms with E-state index in [1.165, 1.54) is 0 Å². The van der Waals surface area contributed by atoms with Crippen LogP contribution in [-0.2, 0) is 19.1 Å². The van der Waals surface area contributed by atoms with Crippen LogP contribution in [0.4, 0.5) is 11.4 Å². The number of anilines is 2. The molecule has 0 heterocycles. The largest absolute Gasteiger partial charge is 0.369 e.